The molecule has 0 saturated carbocycles. The fourth-order valence-electron chi connectivity index (χ4n) is 2.11. The lowest BCUT2D eigenvalue weighted by Crippen LogP contribution is -2.60. The van der Waals surface area contributed by atoms with Crippen LogP contribution in [0.25, 0.3) is 0 Å². The molecule has 0 spiro atoms. The Bertz CT molecular complexity index is 206. The van der Waals surface area contributed by atoms with Crippen molar-refractivity contribution in [2.45, 2.75) is 48.0 Å². The van der Waals surface area contributed by atoms with Crippen LogP contribution >= 0.6 is 12.6 Å². The number of aliphatic hydroxyl groups is 1. The van der Waals surface area contributed by atoms with Crippen LogP contribution in [-0.2, 0) is 4.79 Å². The molecule has 0 bridgehead atoms. The number of rotatable bonds is 3. The highest BCUT2D eigenvalue weighted by Gasteiger charge is 2.31. The Morgan fingerprint density at radius 2 is 1.55 bits per heavy atom. The van der Waals surface area contributed by atoms with Crippen molar-refractivity contribution in [2.75, 3.05) is 45.7 Å². The highest BCUT2D eigenvalue weighted by atomic mass is 32.1. The van der Waals surface area contributed by atoms with Gasteiger partial charge in [-0.25, -0.2) is 0 Å². The van der Waals surface area contributed by atoms with Gasteiger partial charge >= 0.3 is 0 Å². The SMILES string of the molecule is CC.CC.CCC[N+]1(CO)CCN(C(C)=O)CC1.CS. The van der Waals surface area contributed by atoms with E-state index in [2.05, 4.69) is 19.6 Å². The second-order valence-electron chi connectivity index (χ2n) is 4.16. The minimum absolute atomic E-state index is 0.150. The molecule has 1 aliphatic heterocycles. The highest BCUT2D eigenvalue weighted by Crippen LogP contribution is 2.13. The number of aliphatic hydroxyl groups excluding tert-OH is 1. The first-order valence-electron chi connectivity index (χ1n) is 7.80. The topological polar surface area (TPSA) is 40.5 Å². The molecule has 1 saturated heterocycles. The van der Waals surface area contributed by atoms with Crippen LogP contribution in [0.1, 0.15) is 48.0 Å². The Morgan fingerprint density at radius 3 is 1.80 bits per heavy atom. The van der Waals surface area contributed by atoms with E-state index in [1.165, 1.54) is 0 Å². The van der Waals surface area contributed by atoms with Crippen LogP contribution in [0, 0.1) is 0 Å². The molecule has 1 aliphatic rings. The molecule has 0 aromatic carbocycles. The van der Waals surface area contributed by atoms with Gasteiger partial charge in [0.05, 0.1) is 32.7 Å². The number of thiol groups is 1. The van der Waals surface area contributed by atoms with Crippen LogP contribution in [0.15, 0.2) is 0 Å². The monoisotopic (exact) mass is 309 g/mol. The second-order valence-corrected chi connectivity index (χ2v) is 4.16. The molecular formula is C15H37N2O2S+. The van der Waals surface area contributed by atoms with E-state index in [-0.39, 0.29) is 12.6 Å². The summed E-state index contributed by atoms with van der Waals surface area (Å²) >= 11 is 3.53. The molecule has 1 rings (SSSR count). The number of hydrogen-bond donors (Lipinski definition) is 2. The summed E-state index contributed by atoms with van der Waals surface area (Å²) in [5.74, 6) is 0.150. The van der Waals surface area contributed by atoms with Crippen molar-refractivity contribution >= 4 is 18.5 Å². The van der Waals surface area contributed by atoms with E-state index in [0.29, 0.717) is 0 Å². The fraction of sp³-hybridized carbons (Fsp3) is 0.933. The van der Waals surface area contributed by atoms with E-state index in [1.54, 1.807) is 13.2 Å². The Morgan fingerprint density at radius 1 is 1.15 bits per heavy atom. The third-order valence-electron chi connectivity index (χ3n) is 3.13. The van der Waals surface area contributed by atoms with Gasteiger partial charge in [-0.3, -0.25) is 9.28 Å². The summed E-state index contributed by atoms with van der Waals surface area (Å²) in [6.07, 6.45) is 2.78. The lowest BCUT2D eigenvalue weighted by atomic mass is 10.2. The standard InChI is InChI=1S/C10H21N2O2.2C2H6.CH4S/c1-3-6-12(9-13)7-4-11(5-8-12)10(2)14;3*1-2/h13H,3-9H2,1-2H3;2*1-2H3;2H,1H3/q+1;;;. The smallest absolute Gasteiger partial charge is 0.219 e. The Balaban J connectivity index is -0.000000425. The predicted molar refractivity (Wildman–Crippen MR) is 92.1 cm³/mol. The summed E-state index contributed by atoms with van der Waals surface area (Å²) in [5, 5.41) is 9.37. The summed E-state index contributed by atoms with van der Waals surface area (Å²) < 4.78 is 0.764. The molecule has 1 fully saturated rings. The van der Waals surface area contributed by atoms with Gasteiger partial charge in [0.25, 0.3) is 0 Å². The van der Waals surface area contributed by atoms with Gasteiger partial charge in [-0.15, -0.1) is 0 Å². The lowest BCUT2D eigenvalue weighted by Gasteiger charge is -2.43. The van der Waals surface area contributed by atoms with Crippen LogP contribution in [0.5, 0.6) is 0 Å². The zero-order chi connectivity index (χ0) is 16.6. The van der Waals surface area contributed by atoms with Gasteiger partial charge in [-0.1, -0.05) is 34.6 Å². The van der Waals surface area contributed by atoms with Gasteiger partial charge in [-0.2, -0.15) is 12.6 Å². The molecule has 0 radical (unpaired) electrons. The summed E-state index contributed by atoms with van der Waals surface area (Å²) in [7, 11) is 0. The van der Waals surface area contributed by atoms with Crippen molar-refractivity contribution in [3.05, 3.63) is 0 Å². The number of amides is 1. The van der Waals surface area contributed by atoms with Gasteiger partial charge < -0.3 is 10.0 Å². The molecule has 0 unspecified atom stereocenters. The maximum atomic E-state index is 11.1. The first-order chi connectivity index (χ1) is 9.63. The first kappa shape index (κ1) is 24.7. The van der Waals surface area contributed by atoms with Crippen molar-refractivity contribution in [2.24, 2.45) is 0 Å². The van der Waals surface area contributed by atoms with E-state index >= 15 is 0 Å². The minimum atomic E-state index is 0.150. The molecule has 5 heteroatoms. The van der Waals surface area contributed by atoms with Crippen LogP contribution in [0.4, 0.5) is 0 Å². The number of piperazine rings is 1. The summed E-state index contributed by atoms with van der Waals surface area (Å²) in [6.45, 7) is 16.3. The molecular weight excluding hydrogens is 272 g/mol. The zero-order valence-corrected chi connectivity index (χ0v) is 15.5. The molecule has 0 aliphatic carbocycles. The number of carbonyl (C=O) groups is 1. The summed E-state index contributed by atoms with van der Waals surface area (Å²) in [4.78, 5) is 13.0. The Kier molecular flexibility index (Phi) is 20.8. The summed E-state index contributed by atoms with van der Waals surface area (Å²) in [5.41, 5.74) is 0. The van der Waals surface area contributed by atoms with Gasteiger partial charge in [0, 0.05) is 6.92 Å². The summed E-state index contributed by atoms with van der Waals surface area (Å²) in [6, 6.07) is 0. The quantitative estimate of drug-likeness (QED) is 0.621. The van der Waals surface area contributed by atoms with Crippen molar-refractivity contribution in [1.29, 1.82) is 0 Å². The molecule has 1 heterocycles. The van der Waals surface area contributed by atoms with Crippen LogP contribution in [0.3, 0.4) is 0 Å². The number of quaternary nitrogens is 1. The van der Waals surface area contributed by atoms with Crippen LogP contribution in [0.2, 0.25) is 0 Å². The molecule has 1 amide bonds. The largest absolute Gasteiger partial charge is 0.347 e. The van der Waals surface area contributed by atoms with Gasteiger partial charge in [0.1, 0.15) is 0 Å². The Hall–Kier alpha value is -0.260. The zero-order valence-electron chi connectivity index (χ0n) is 14.6. The maximum absolute atomic E-state index is 11.1. The molecule has 0 atom stereocenters. The third kappa shape index (κ3) is 9.61. The van der Waals surface area contributed by atoms with E-state index in [4.69, 9.17) is 0 Å². The lowest BCUT2D eigenvalue weighted by molar-refractivity contribution is -0.948. The molecule has 124 valence electrons. The molecule has 20 heavy (non-hydrogen) atoms. The predicted octanol–water partition coefficient (Wildman–Crippen LogP) is 2.62. The van der Waals surface area contributed by atoms with Crippen molar-refractivity contribution in [3.8, 4) is 0 Å². The van der Waals surface area contributed by atoms with Gasteiger partial charge in [0.2, 0.25) is 5.91 Å². The minimum Gasteiger partial charge on any atom is -0.347 e. The molecule has 1 N–H and O–H groups in total. The fourth-order valence-corrected chi connectivity index (χ4v) is 2.11. The van der Waals surface area contributed by atoms with E-state index in [9.17, 15) is 9.90 Å². The van der Waals surface area contributed by atoms with Crippen LogP contribution in [-0.4, -0.2) is 66.1 Å². The van der Waals surface area contributed by atoms with Crippen molar-refractivity contribution in [3.63, 3.8) is 0 Å². The van der Waals surface area contributed by atoms with Crippen molar-refractivity contribution < 1.29 is 14.4 Å². The van der Waals surface area contributed by atoms with Crippen molar-refractivity contribution in [1.82, 2.24) is 4.90 Å². The second kappa shape index (κ2) is 16.8. The maximum Gasteiger partial charge on any atom is 0.219 e. The van der Waals surface area contributed by atoms with Crippen LogP contribution < -0.4 is 0 Å². The number of nitrogens with zero attached hydrogens (tertiary/aromatic N) is 2. The van der Waals surface area contributed by atoms with E-state index < -0.39 is 0 Å². The highest BCUT2D eigenvalue weighted by molar-refractivity contribution is 7.79. The third-order valence-corrected chi connectivity index (χ3v) is 3.13. The molecule has 4 nitrogen and oxygen atoms in total. The molecule has 0 aromatic heterocycles. The number of carbonyl (C=O) groups excluding carboxylic acids is 1. The van der Waals surface area contributed by atoms with E-state index in [0.717, 1.165) is 43.6 Å². The first-order valence-corrected chi connectivity index (χ1v) is 8.69. The normalized spacial score (nSPS) is 15.6. The average molecular weight is 310 g/mol. The number of hydrogen-bond acceptors (Lipinski definition) is 3. The van der Waals surface area contributed by atoms with E-state index in [1.807, 2.05) is 32.6 Å². The Labute approximate surface area is 132 Å². The average Bonchev–Trinajstić information content (AvgIpc) is 2.54. The van der Waals surface area contributed by atoms with Gasteiger partial charge in [-0.05, 0) is 12.7 Å². The van der Waals surface area contributed by atoms with Gasteiger partial charge in [0.15, 0.2) is 6.73 Å². The molecule has 0 aromatic rings.